The number of alkyl halides is 1. The van der Waals surface area contributed by atoms with Crippen LogP contribution in [-0.2, 0) is 22.6 Å². The zero-order valence-electron chi connectivity index (χ0n) is 18.3. The first-order valence-corrected chi connectivity index (χ1v) is 10.9. The number of carbonyl (C=O) groups excluding carboxylic acids is 3. The van der Waals surface area contributed by atoms with E-state index in [1.54, 1.807) is 16.8 Å². The fraction of sp³-hybridized carbons (Fsp3) is 0.320. The predicted octanol–water partition coefficient (Wildman–Crippen LogP) is 2.85. The van der Waals surface area contributed by atoms with Crippen LogP contribution < -0.4 is 5.32 Å². The fourth-order valence-corrected chi connectivity index (χ4v) is 4.33. The van der Waals surface area contributed by atoms with Crippen LogP contribution in [0.25, 0.3) is 10.9 Å². The number of rotatable bonds is 7. The molecular formula is C25H26FN3O4. The van der Waals surface area contributed by atoms with E-state index in [1.807, 2.05) is 30.3 Å². The van der Waals surface area contributed by atoms with Crippen molar-refractivity contribution >= 4 is 28.5 Å². The molecule has 0 radical (unpaired) electrons. The highest BCUT2D eigenvalue weighted by Gasteiger charge is 2.39. The maximum absolute atomic E-state index is 14.2. The molecule has 0 saturated carbocycles. The van der Waals surface area contributed by atoms with Crippen molar-refractivity contribution in [1.82, 2.24) is 14.8 Å². The van der Waals surface area contributed by atoms with Crippen LogP contribution in [0.3, 0.4) is 0 Å². The van der Waals surface area contributed by atoms with Gasteiger partial charge < -0.3 is 19.9 Å². The number of ketones is 1. The Kier molecular flexibility index (Phi) is 6.44. The molecule has 3 aromatic rings. The molecule has 1 aromatic heterocycles. The molecule has 8 heteroatoms. The molecule has 0 bridgehead atoms. The number of hydrogen-bond acceptors (Lipinski definition) is 4. The lowest BCUT2D eigenvalue weighted by Crippen LogP contribution is -2.47. The van der Waals surface area contributed by atoms with Gasteiger partial charge in [0.2, 0.25) is 11.8 Å². The Labute approximate surface area is 190 Å². The molecule has 1 saturated heterocycles. The van der Waals surface area contributed by atoms with E-state index < -0.39 is 18.1 Å². The second-order valence-corrected chi connectivity index (χ2v) is 8.35. The third-order valence-corrected chi connectivity index (χ3v) is 5.98. The van der Waals surface area contributed by atoms with Gasteiger partial charge in [-0.3, -0.25) is 14.4 Å². The topological polar surface area (TPSA) is 91.6 Å². The van der Waals surface area contributed by atoms with Crippen molar-refractivity contribution in [2.45, 2.75) is 38.5 Å². The number of Topliss-reactive ketones (excluding diaryl/α,β-unsaturated/α-hetero) is 1. The molecule has 1 aliphatic heterocycles. The van der Waals surface area contributed by atoms with Crippen LogP contribution in [0.1, 0.15) is 29.3 Å². The molecule has 0 spiro atoms. The van der Waals surface area contributed by atoms with Gasteiger partial charge in [-0.05, 0) is 37.1 Å². The number of halogens is 1. The highest BCUT2D eigenvalue weighted by molar-refractivity contribution is 6.07. The van der Waals surface area contributed by atoms with Crippen LogP contribution in [0.4, 0.5) is 4.39 Å². The zero-order chi connectivity index (χ0) is 23.5. The van der Waals surface area contributed by atoms with Gasteiger partial charge in [0.1, 0.15) is 24.5 Å². The standard InChI is InChI=1S/C25H26FN3O4/c1-16(30)21-14-28(22-8-7-19(31)12-20(21)22)15-24(32)29-13-18(26)11-23(29)25(33)27-10-9-17-5-3-2-4-6-17/h2-8,12,14,18,23,31H,9-11,13,15H2,1H3,(H,27,33)/t18-,23+/m1/s1. The fourth-order valence-electron chi connectivity index (χ4n) is 4.33. The second-order valence-electron chi connectivity index (χ2n) is 8.35. The van der Waals surface area contributed by atoms with E-state index >= 15 is 0 Å². The minimum atomic E-state index is -1.27. The number of benzene rings is 2. The van der Waals surface area contributed by atoms with Gasteiger partial charge in [-0.2, -0.15) is 0 Å². The molecule has 2 N–H and O–H groups in total. The first kappa shape index (κ1) is 22.5. The Balaban J connectivity index is 1.46. The second kappa shape index (κ2) is 9.44. The molecule has 7 nitrogen and oxygen atoms in total. The maximum atomic E-state index is 14.2. The largest absolute Gasteiger partial charge is 0.508 e. The summed E-state index contributed by atoms with van der Waals surface area (Å²) in [6, 6.07) is 13.4. The number of aromatic nitrogens is 1. The van der Waals surface area contributed by atoms with E-state index in [4.69, 9.17) is 0 Å². The van der Waals surface area contributed by atoms with Gasteiger partial charge in [-0.15, -0.1) is 0 Å². The summed E-state index contributed by atoms with van der Waals surface area (Å²) in [6.07, 6.45) is 0.886. The molecular weight excluding hydrogens is 425 g/mol. The number of nitrogens with one attached hydrogen (secondary N) is 1. The molecule has 33 heavy (non-hydrogen) atoms. The van der Waals surface area contributed by atoms with Crippen LogP contribution in [-0.4, -0.2) is 57.5 Å². The Morgan fingerprint density at radius 2 is 1.91 bits per heavy atom. The highest BCUT2D eigenvalue weighted by Crippen LogP contribution is 2.27. The molecule has 2 amide bonds. The van der Waals surface area contributed by atoms with E-state index in [9.17, 15) is 23.9 Å². The van der Waals surface area contributed by atoms with Gasteiger partial charge in [0.15, 0.2) is 5.78 Å². The summed E-state index contributed by atoms with van der Waals surface area (Å²) in [4.78, 5) is 39.1. The van der Waals surface area contributed by atoms with Crippen LogP contribution in [0.15, 0.2) is 54.7 Å². The molecule has 2 heterocycles. The highest BCUT2D eigenvalue weighted by atomic mass is 19.1. The van der Waals surface area contributed by atoms with Crippen molar-refractivity contribution in [1.29, 1.82) is 0 Å². The summed E-state index contributed by atoms with van der Waals surface area (Å²) in [7, 11) is 0. The molecule has 0 aliphatic carbocycles. The third-order valence-electron chi connectivity index (χ3n) is 5.98. The smallest absolute Gasteiger partial charge is 0.243 e. The van der Waals surface area contributed by atoms with Crippen molar-refractivity contribution in [3.05, 3.63) is 65.9 Å². The van der Waals surface area contributed by atoms with Crippen LogP contribution >= 0.6 is 0 Å². The lowest BCUT2D eigenvalue weighted by molar-refractivity contribution is -0.138. The summed E-state index contributed by atoms with van der Waals surface area (Å²) >= 11 is 0. The van der Waals surface area contributed by atoms with Crippen molar-refractivity contribution in [2.75, 3.05) is 13.1 Å². The number of amides is 2. The normalized spacial score (nSPS) is 17.9. The SMILES string of the molecule is CC(=O)c1cn(CC(=O)N2C[C@H](F)C[C@H]2C(=O)NCCc2ccccc2)c2ccc(O)cc12. The van der Waals surface area contributed by atoms with Gasteiger partial charge in [-0.1, -0.05) is 30.3 Å². The quantitative estimate of drug-likeness (QED) is 0.541. The number of hydrogen-bond donors (Lipinski definition) is 2. The van der Waals surface area contributed by atoms with Gasteiger partial charge >= 0.3 is 0 Å². The van der Waals surface area contributed by atoms with E-state index in [-0.39, 0.29) is 37.0 Å². The minimum Gasteiger partial charge on any atom is -0.508 e. The number of carbonyl (C=O) groups is 3. The van der Waals surface area contributed by atoms with Crippen molar-refractivity contribution in [3.8, 4) is 5.75 Å². The number of aromatic hydroxyl groups is 1. The first-order valence-electron chi connectivity index (χ1n) is 10.9. The third kappa shape index (κ3) is 4.89. The predicted molar refractivity (Wildman–Crippen MR) is 122 cm³/mol. The summed E-state index contributed by atoms with van der Waals surface area (Å²) in [6.45, 7) is 1.52. The van der Waals surface area contributed by atoms with E-state index in [0.29, 0.717) is 29.4 Å². The average molecular weight is 451 g/mol. The molecule has 0 unspecified atom stereocenters. The van der Waals surface area contributed by atoms with Crippen LogP contribution in [0.5, 0.6) is 5.75 Å². The summed E-state index contributed by atoms with van der Waals surface area (Å²) in [5, 5.41) is 13.1. The molecule has 2 atom stereocenters. The Bertz CT molecular complexity index is 1190. The molecule has 1 aliphatic rings. The van der Waals surface area contributed by atoms with Crippen molar-refractivity contribution < 1.29 is 23.9 Å². The van der Waals surface area contributed by atoms with E-state index in [2.05, 4.69) is 5.32 Å². The molecule has 1 fully saturated rings. The van der Waals surface area contributed by atoms with E-state index in [0.717, 1.165) is 5.56 Å². The molecule has 2 aromatic carbocycles. The summed E-state index contributed by atoms with van der Waals surface area (Å²) in [5.74, 6) is -0.955. The Morgan fingerprint density at radius 3 is 2.64 bits per heavy atom. The summed E-state index contributed by atoms with van der Waals surface area (Å²) < 4.78 is 15.8. The van der Waals surface area contributed by atoms with E-state index in [1.165, 1.54) is 24.0 Å². The van der Waals surface area contributed by atoms with Gasteiger partial charge in [-0.25, -0.2) is 4.39 Å². The summed E-state index contributed by atoms with van der Waals surface area (Å²) in [5.41, 5.74) is 2.06. The van der Waals surface area contributed by atoms with Crippen molar-refractivity contribution in [2.24, 2.45) is 0 Å². The first-order chi connectivity index (χ1) is 15.8. The number of fused-ring (bicyclic) bond motifs is 1. The average Bonchev–Trinajstić information content (AvgIpc) is 3.35. The maximum Gasteiger partial charge on any atom is 0.243 e. The number of likely N-dealkylation sites (tertiary alicyclic amines) is 1. The molecule has 172 valence electrons. The number of nitrogens with zero attached hydrogens (tertiary/aromatic N) is 2. The lowest BCUT2D eigenvalue weighted by Gasteiger charge is -2.24. The van der Waals surface area contributed by atoms with Gasteiger partial charge in [0.25, 0.3) is 0 Å². The lowest BCUT2D eigenvalue weighted by atomic mass is 10.1. The number of phenols is 1. The van der Waals surface area contributed by atoms with Gasteiger partial charge in [0, 0.05) is 35.6 Å². The Hall–Kier alpha value is -3.68. The van der Waals surface area contributed by atoms with Crippen LogP contribution in [0, 0.1) is 0 Å². The monoisotopic (exact) mass is 451 g/mol. The van der Waals surface area contributed by atoms with Crippen molar-refractivity contribution in [3.63, 3.8) is 0 Å². The van der Waals surface area contributed by atoms with Gasteiger partial charge in [0.05, 0.1) is 6.54 Å². The minimum absolute atomic E-state index is 0.0149. The Morgan fingerprint density at radius 1 is 1.15 bits per heavy atom. The zero-order valence-corrected chi connectivity index (χ0v) is 18.3. The number of phenolic OH excluding ortho intramolecular Hbond substituents is 1. The van der Waals surface area contributed by atoms with Crippen LogP contribution in [0.2, 0.25) is 0 Å². The molecule has 4 rings (SSSR count).